The van der Waals surface area contributed by atoms with Crippen LogP contribution >= 0.6 is 15.9 Å². The number of nitrogens with zero attached hydrogens (tertiary/aromatic N) is 4. The average molecular weight is 336 g/mol. The summed E-state index contributed by atoms with van der Waals surface area (Å²) in [5.74, 6) is 0.360. The van der Waals surface area contributed by atoms with Crippen LogP contribution in [0.2, 0.25) is 0 Å². The molecule has 0 aliphatic heterocycles. The van der Waals surface area contributed by atoms with Crippen LogP contribution in [-0.2, 0) is 5.33 Å². The first-order valence-electron chi connectivity index (χ1n) is 3.81. The Labute approximate surface area is 106 Å². The van der Waals surface area contributed by atoms with Gasteiger partial charge in [-0.2, -0.15) is 9.97 Å². The van der Waals surface area contributed by atoms with Gasteiger partial charge in [0.05, 0.1) is 11.9 Å². The molecule has 0 amide bonds. The molecular formula is C7H8Br2N6. The quantitative estimate of drug-likeness (QED) is 0.563. The summed E-state index contributed by atoms with van der Waals surface area (Å²) in [5, 5.41) is 0.611. The Balaban J connectivity index is 0.00000112. The molecule has 2 heterocycles. The van der Waals surface area contributed by atoms with Crippen LogP contribution in [-0.4, -0.2) is 19.9 Å². The molecule has 0 saturated carbocycles. The van der Waals surface area contributed by atoms with Crippen LogP contribution in [0.5, 0.6) is 0 Å². The molecule has 0 aliphatic carbocycles. The van der Waals surface area contributed by atoms with E-state index in [2.05, 4.69) is 35.9 Å². The molecule has 0 aliphatic rings. The predicted molar refractivity (Wildman–Crippen MR) is 57.7 cm³/mol. The highest BCUT2D eigenvalue weighted by Crippen LogP contribution is 2.15. The molecule has 0 aromatic carbocycles. The van der Waals surface area contributed by atoms with Crippen molar-refractivity contribution in [2.24, 2.45) is 0 Å². The van der Waals surface area contributed by atoms with Gasteiger partial charge in [0.25, 0.3) is 0 Å². The number of nitrogen functional groups attached to an aromatic ring is 2. The SMILES string of the molecule is Nc1nc(N)c2nc(CBr)cnc2n1.[Br-].[H+]. The summed E-state index contributed by atoms with van der Waals surface area (Å²) in [6.07, 6.45) is 1.61. The summed E-state index contributed by atoms with van der Waals surface area (Å²) in [7, 11) is 0. The van der Waals surface area contributed by atoms with E-state index in [1.54, 1.807) is 6.20 Å². The second-order valence-corrected chi connectivity index (χ2v) is 3.19. The molecule has 0 radical (unpaired) electrons. The highest BCUT2D eigenvalue weighted by molar-refractivity contribution is 9.08. The molecule has 0 bridgehead atoms. The molecule has 0 unspecified atom stereocenters. The van der Waals surface area contributed by atoms with E-state index < -0.39 is 0 Å². The van der Waals surface area contributed by atoms with E-state index in [9.17, 15) is 0 Å². The summed E-state index contributed by atoms with van der Waals surface area (Å²) in [4.78, 5) is 16.0. The third-order valence-electron chi connectivity index (χ3n) is 1.64. The summed E-state index contributed by atoms with van der Waals surface area (Å²) in [6.45, 7) is 0. The maximum absolute atomic E-state index is 5.63. The second kappa shape index (κ2) is 4.67. The maximum atomic E-state index is 5.63. The first kappa shape index (κ1) is 12.1. The third-order valence-corrected chi connectivity index (χ3v) is 2.21. The highest BCUT2D eigenvalue weighted by atomic mass is 79.9. The first-order valence-corrected chi connectivity index (χ1v) is 4.93. The molecule has 80 valence electrons. The van der Waals surface area contributed by atoms with E-state index in [0.29, 0.717) is 16.5 Å². The van der Waals surface area contributed by atoms with Gasteiger partial charge in [-0.1, -0.05) is 15.9 Å². The lowest BCUT2D eigenvalue weighted by Gasteiger charge is -2.01. The van der Waals surface area contributed by atoms with Gasteiger partial charge in [0.2, 0.25) is 5.95 Å². The lowest BCUT2D eigenvalue weighted by Crippen LogP contribution is -3.00. The maximum Gasteiger partial charge on any atom is 1.00 e. The first-order chi connectivity index (χ1) is 6.70. The molecule has 8 heteroatoms. The van der Waals surface area contributed by atoms with Crippen molar-refractivity contribution in [1.29, 1.82) is 0 Å². The molecule has 15 heavy (non-hydrogen) atoms. The van der Waals surface area contributed by atoms with Gasteiger partial charge in [0.1, 0.15) is 0 Å². The Kier molecular flexibility index (Phi) is 3.75. The minimum absolute atomic E-state index is 0. The van der Waals surface area contributed by atoms with Gasteiger partial charge in [-0.25, -0.2) is 9.97 Å². The number of halogens is 2. The fourth-order valence-corrected chi connectivity index (χ4v) is 1.32. The average Bonchev–Trinajstić information content (AvgIpc) is 2.17. The minimum atomic E-state index is 0. The Morgan fingerprint density at radius 3 is 2.67 bits per heavy atom. The largest absolute Gasteiger partial charge is 1.00 e. The number of hydrogen-bond donors (Lipinski definition) is 2. The summed E-state index contributed by atoms with van der Waals surface area (Å²) < 4.78 is 0. The lowest BCUT2D eigenvalue weighted by molar-refractivity contribution is -0.00000321. The van der Waals surface area contributed by atoms with Gasteiger partial charge >= 0.3 is 1.43 Å². The van der Waals surface area contributed by atoms with Gasteiger partial charge in [-0.3, -0.25) is 0 Å². The highest BCUT2D eigenvalue weighted by Gasteiger charge is 2.06. The molecule has 0 atom stereocenters. The third kappa shape index (κ3) is 2.32. The fourth-order valence-electron chi connectivity index (χ4n) is 1.05. The van der Waals surface area contributed by atoms with Crippen LogP contribution in [0, 0.1) is 0 Å². The second-order valence-electron chi connectivity index (χ2n) is 2.63. The monoisotopic (exact) mass is 334 g/mol. The molecule has 6 nitrogen and oxygen atoms in total. The van der Waals surface area contributed by atoms with E-state index in [0.717, 1.165) is 5.69 Å². The van der Waals surface area contributed by atoms with Crippen molar-refractivity contribution in [1.82, 2.24) is 19.9 Å². The summed E-state index contributed by atoms with van der Waals surface area (Å²) >= 11 is 3.27. The van der Waals surface area contributed by atoms with Crippen LogP contribution in [0.15, 0.2) is 6.20 Å². The van der Waals surface area contributed by atoms with Gasteiger partial charge in [0.15, 0.2) is 17.0 Å². The van der Waals surface area contributed by atoms with Crippen molar-refractivity contribution >= 4 is 38.9 Å². The van der Waals surface area contributed by atoms with Crippen molar-refractivity contribution < 1.29 is 18.4 Å². The van der Waals surface area contributed by atoms with Crippen molar-refractivity contribution in [3.63, 3.8) is 0 Å². The van der Waals surface area contributed by atoms with Crippen LogP contribution in [0.3, 0.4) is 0 Å². The van der Waals surface area contributed by atoms with Crippen LogP contribution in [0.25, 0.3) is 11.2 Å². The van der Waals surface area contributed by atoms with Gasteiger partial charge in [-0.15, -0.1) is 0 Å². The normalized spacial score (nSPS) is 9.93. The Morgan fingerprint density at radius 2 is 2.00 bits per heavy atom. The van der Waals surface area contributed by atoms with Crippen molar-refractivity contribution in [2.75, 3.05) is 11.5 Å². The van der Waals surface area contributed by atoms with Crippen molar-refractivity contribution in [2.45, 2.75) is 5.33 Å². The van der Waals surface area contributed by atoms with Gasteiger partial charge in [0, 0.05) is 5.33 Å². The molecule has 0 saturated heterocycles. The standard InChI is InChI=1S/C7H7BrN6.BrH/c8-1-3-2-11-6-4(12-3)5(9)13-7(10)14-6;/h2H,1H2,(H4,9,10,11,13,14);1H. The van der Waals surface area contributed by atoms with Crippen LogP contribution < -0.4 is 28.4 Å². The van der Waals surface area contributed by atoms with Crippen molar-refractivity contribution in [3.05, 3.63) is 11.9 Å². The number of nitrogens with two attached hydrogens (primary N) is 2. The van der Waals surface area contributed by atoms with Gasteiger partial charge < -0.3 is 28.4 Å². The molecule has 2 aromatic heterocycles. The van der Waals surface area contributed by atoms with Gasteiger partial charge in [-0.05, 0) is 0 Å². The molecule has 0 fully saturated rings. The van der Waals surface area contributed by atoms with Crippen LogP contribution in [0.1, 0.15) is 7.12 Å². The zero-order chi connectivity index (χ0) is 10.1. The van der Waals surface area contributed by atoms with E-state index in [4.69, 9.17) is 11.5 Å². The molecule has 0 spiro atoms. The number of fused-ring (bicyclic) bond motifs is 1. The molecular weight excluding hydrogens is 328 g/mol. The Morgan fingerprint density at radius 1 is 1.27 bits per heavy atom. The predicted octanol–water partition coefficient (Wildman–Crippen LogP) is -2.40. The Bertz CT molecular complexity index is 494. The zero-order valence-corrected chi connectivity index (χ0v) is 10.7. The van der Waals surface area contributed by atoms with E-state index in [-0.39, 0.29) is 30.2 Å². The number of aromatic nitrogens is 4. The molecule has 2 rings (SSSR count). The van der Waals surface area contributed by atoms with E-state index in [1.807, 2.05) is 0 Å². The number of alkyl halides is 1. The number of rotatable bonds is 1. The molecule has 4 N–H and O–H groups in total. The number of hydrogen-bond acceptors (Lipinski definition) is 6. The minimum Gasteiger partial charge on any atom is -1.00 e. The Hall–Kier alpha value is -1.02. The van der Waals surface area contributed by atoms with E-state index >= 15 is 0 Å². The zero-order valence-electron chi connectivity index (χ0n) is 8.48. The van der Waals surface area contributed by atoms with E-state index in [1.165, 1.54) is 0 Å². The topological polar surface area (TPSA) is 104 Å². The lowest BCUT2D eigenvalue weighted by atomic mass is 10.4. The smallest absolute Gasteiger partial charge is 1.00 e. The fraction of sp³-hybridized carbons (Fsp3) is 0.143. The molecule has 2 aromatic rings. The summed E-state index contributed by atoms with van der Waals surface area (Å²) in [5.41, 5.74) is 12.7. The van der Waals surface area contributed by atoms with Crippen molar-refractivity contribution in [3.8, 4) is 0 Å². The van der Waals surface area contributed by atoms with Crippen LogP contribution in [0.4, 0.5) is 11.8 Å². The number of anilines is 2. The summed E-state index contributed by atoms with van der Waals surface area (Å²) in [6, 6.07) is 0.